The van der Waals surface area contributed by atoms with Crippen LogP contribution < -0.4 is 5.32 Å². The van der Waals surface area contributed by atoms with Gasteiger partial charge in [0.15, 0.2) is 0 Å². The van der Waals surface area contributed by atoms with Gasteiger partial charge in [-0.15, -0.1) is 0 Å². The van der Waals surface area contributed by atoms with Crippen molar-refractivity contribution in [1.82, 2.24) is 9.97 Å². The van der Waals surface area contributed by atoms with Gasteiger partial charge in [-0.3, -0.25) is 4.79 Å². The van der Waals surface area contributed by atoms with E-state index in [1.165, 1.54) is 0 Å². The van der Waals surface area contributed by atoms with Gasteiger partial charge in [0.05, 0.1) is 16.7 Å². The number of benzene rings is 2. The molecule has 1 heterocycles. The average Bonchev–Trinajstić information content (AvgIpc) is 2.91. The number of H-pyrrole nitrogens is 1. The number of fused-ring (bicyclic) bond motifs is 1. The third-order valence-electron chi connectivity index (χ3n) is 3.35. The van der Waals surface area contributed by atoms with Crippen molar-refractivity contribution in [3.05, 3.63) is 48.5 Å². The highest BCUT2D eigenvalue weighted by atomic mass is 16.1. The number of para-hydroxylation sites is 3. The van der Waals surface area contributed by atoms with E-state index in [4.69, 9.17) is 0 Å². The highest BCUT2D eigenvalue weighted by molar-refractivity contribution is 5.96. The van der Waals surface area contributed by atoms with Gasteiger partial charge in [-0.1, -0.05) is 38.1 Å². The molecule has 0 saturated heterocycles. The summed E-state index contributed by atoms with van der Waals surface area (Å²) in [5.41, 5.74) is 3.56. The summed E-state index contributed by atoms with van der Waals surface area (Å²) in [5.74, 6) is 0.697. The molecular weight excluding hydrogens is 262 g/mol. The zero-order valence-electron chi connectivity index (χ0n) is 12.1. The zero-order valence-corrected chi connectivity index (χ0v) is 12.1. The molecule has 1 aromatic heterocycles. The van der Waals surface area contributed by atoms with Gasteiger partial charge in [0.1, 0.15) is 5.82 Å². The summed E-state index contributed by atoms with van der Waals surface area (Å²) < 4.78 is 0. The van der Waals surface area contributed by atoms with E-state index in [2.05, 4.69) is 15.3 Å². The van der Waals surface area contributed by atoms with Gasteiger partial charge in [0.2, 0.25) is 5.91 Å². The van der Waals surface area contributed by atoms with Crippen molar-refractivity contribution < 1.29 is 4.79 Å². The Morgan fingerprint density at radius 3 is 2.57 bits per heavy atom. The lowest BCUT2D eigenvalue weighted by Crippen LogP contribution is -2.18. The molecule has 21 heavy (non-hydrogen) atoms. The molecule has 0 radical (unpaired) electrons. The number of aromatic amines is 1. The standard InChI is InChI=1S/C17H17N3O/c1-11(2)17(21)20-13-8-4-3-7-12(13)16-18-14-9-5-6-10-15(14)19-16/h3-11H,1-2H3,(H,18,19)(H,20,21). The normalized spacial score (nSPS) is 11.0. The Kier molecular flexibility index (Phi) is 3.44. The Bertz CT molecular complexity index is 756. The highest BCUT2D eigenvalue weighted by Gasteiger charge is 2.13. The minimum Gasteiger partial charge on any atom is -0.338 e. The number of amides is 1. The summed E-state index contributed by atoms with van der Waals surface area (Å²) in [6, 6.07) is 15.6. The number of nitrogens with one attached hydrogen (secondary N) is 2. The third-order valence-corrected chi connectivity index (χ3v) is 3.35. The van der Waals surface area contributed by atoms with E-state index in [-0.39, 0.29) is 11.8 Å². The lowest BCUT2D eigenvalue weighted by atomic mass is 10.1. The molecule has 2 N–H and O–H groups in total. The minimum absolute atomic E-state index is 0.00133. The molecule has 0 aliphatic carbocycles. The summed E-state index contributed by atoms with van der Waals surface area (Å²) in [5, 5.41) is 2.95. The van der Waals surface area contributed by atoms with Crippen LogP contribution in [-0.2, 0) is 4.79 Å². The van der Waals surface area contributed by atoms with Crippen molar-refractivity contribution in [2.75, 3.05) is 5.32 Å². The smallest absolute Gasteiger partial charge is 0.226 e. The van der Waals surface area contributed by atoms with Crippen LogP contribution in [0.5, 0.6) is 0 Å². The number of rotatable bonds is 3. The first kappa shape index (κ1) is 13.4. The first-order valence-corrected chi connectivity index (χ1v) is 7.00. The molecule has 0 unspecified atom stereocenters. The van der Waals surface area contributed by atoms with E-state index in [0.29, 0.717) is 0 Å². The minimum atomic E-state index is -0.0614. The van der Waals surface area contributed by atoms with Crippen molar-refractivity contribution in [3.8, 4) is 11.4 Å². The van der Waals surface area contributed by atoms with Crippen LogP contribution in [0.25, 0.3) is 22.4 Å². The molecule has 0 saturated carbocycles. The molecule has 0 aliphatic rings. The summed E-state index contributed by atoms with van der Waals surface area (Å²) in [6.45, 7) is 3.75. The molecular formula is C17H17N3O. The van der Waals surface area contributed by atoms with Crippen molar-refractivity contribution in [3.63, 3.8) is 0 Å². The van der Waals surface area contributed by atoms with Crippen molar-refractivity contribution >= 4 is 22.6 Å². The van der Waals surface area contributed by atoms with Gasteiger partial charge in [-0.2, -0.15) is 0 Å². The monoisotopic (exact) mass is 279 g/mol. The second-order valence-corrected chi connectivity index (χ2v) is 5.29. The van der Waals surface area contributed by atoms with E-state index >= 15 is 0 Å². The van der Waals surface area contributed by atoms with E-state index in [0.717, 1.165) is 28.1 Å². The SMILES string of the molecule is CC(C)C(=O)Nc1ccccc1-c1nc2ccccc2[nH]1. The molecule has 0 bridgehead atoms. The summed E-state index contributed by atoms with van der Waals surface area (Å²) >= 11 is 0. The first-order valence-electron chi connectivity index (χ1n) is 7.00. The molecule has 2 aromatic carbocycles. The summed E-state index contributed by atoms with van der Waals surface area (Å²) in [7, 11) is 0. The van der Waals surface area contributed by atoms with Crippen molar-refractivity contribution in [2.24, 2.45) is 5.92 Å². The Hall–Kier alpha value is -2.62. The van der Waals surface area contributed by atoms with Crippen LogP contribution in [-0.4, -0.2) is 15.9 Å². The van der Waals surface area contributed by atoms with E-state index in [1.807, 2.05) is 62.4 Å². The molecule has 0 atom stereocenters. The fourth-order valence-electron chi connectivity index (χ4n) is 2.16. The fraction of sp³-hybridized carbons (Fsp3) is 0.176. The van der Waals surface area contributed by atoms with Crippen molar-refractivity contribution in [2.45, 2.75) is 13.8 Å². The number of hydrogen-bond acceptors (Lipinski definition) is 2. The van der Waals surface area contributed by atoms with Crippen LogP contribution in [0.4, 0.5) is 5.69 Å². The van der Waals surface area contributed by atoms with Gasteiger partial charge in [0, 0.05) is 11.5 Å². The Morgan fingerprint density at radius 1 is 1.10 bits per heavy atom. The van der Waals surface area contributed by atoms with Crippen LogP contribution in [0.1, 0.15) is 13.8 Å². The zero-order chi connectivity index (χ0) is 14.8. The lowest BCUT2D eigenvalue weighted by molar-refractivity contribution is -0.118. The van der Waals surface area contributed by atoms with Gasteiger partial charge < -0.3 is 10.3 Å². The van der Waals surface area contributed by atoms with E-state index < -0.39 is 0 Å². The molecule has 3 rings (SSSR count). The highest BCUT2D eigenvalue weighted by Crippen LogP contribution is 2.27. The van der Waals surface area contributed by atoms with E-state index in [1.54, 1.807) is 0 Å². The predicted octanol–water partition coefficient (Wildman–Crippen LogP) is 3.82. The molecule has 0 spiro atoms. The molecule has 0 aliphatic heterocycles. The maximum Gasteiger partial charge on any atom is 0.226 e. The topological polar surface area (TPSA) is 57.8 Å². The van der Waals surface area contributed by atoms with E-state index in [9.17, 15) is 4.79 Å². The fourth-order valence-corrected chi connectivity index (χ4v) is 2.16. The van der Waals surface area contributed by atoms with Crippen LogP contribution in [0.3, 0.4) is 0 Å². The Labute approximate surface area is 123 Å². The number of anilines is 1. The average molecular weight is 279 g/mol. The second-order valence-electron chi connectivity index (χ2n) is 5.29. The maximum atomic E-state index is 11.9. The largest absolute Gasteiger partial charge is 0.338 e. The molecule has 3 aromatic rings. The molecule has 106 valence electrons. The number of hydrogen-bond donors (Lipinski definition) is 2. The van der Waals surface area contributed by atoms with Gasteiger partial charge in [0.25, 0.3) is 0 Å². The quantitative estimate of drug-likeness (QED) is 0.765. The summed E-state index contributed by atoms with van der Waals surface area (Å²) in [6.07, 6.45) is 0. The number of carbonyl (C=O) groups is 1. The van der Waals surface area contributed by atoms with Gasteiger partial charge in [-0.25, -0.2) is 4.98 Å². The lowest BCUT2D eigenvalue weighted by Gasteiger charge is -2.11. The van der Waals surface area contributed by atoms with Crippen LogP contribution in [0.15, 0.2) is 48.5 Å². The third kappa shape index (κ3) is 2.65. The molecule has 1 amide bonds. The number of aromatic nitrogens is 2. The van der Waals surface area contributed by atoms with Gasteiger partial charge >= 0.3 is 0 Å². The molecule has 4 nitrogen and oxygen atoms in total. The predicted molar refractivity (Wildman–Crippen MR) is 85.0 cm³/mol. The second kappa shape index (κ2) is 5.40. The first-order chi connectivity index (χ1) is 10.1. The van der Waals surface area contributed by atoms with Crippen LogP contribution in [0.2, 0.25) is 0 Å². The van der Waals surface area contributed by atoms with Gasteiger partial charge in [-0.05, 0) is 24.3 Å². The van der Waals surface area contributed by atoms with Crippen molar-refractivity contribution in [1.29, 1.82) is 0 Å². The summed E-state index contributed by atoms with van der Waals surface area (Å²) in [4.78, 5) is 19.8. The Morgan fingerprint density at radius 2 is 1.81 bits per heavy atom. The Balaban J connectivity index is 2.03. The molecule has 4 heteroatoms. The number of carbonyl (C=O) groups excluding carboxylic acids is 1. The maximum absolute atomic E-state index is 11.9. The molecule has 0 fully saturated rings. The number of nitrogens with zero attached hydrogens (tertiary/aromatic N) is 1. The van der Waals surface area contributed by atoms with Crippen LogP contribution >= 0.6 is 0 Å². The van der Waals surface area contributed by atoms with Crippen LogP contribution in [0, 0.1) is 5.92 Å². The number of imidazole rings is 1.